The highest BCUT2D eigenvalue weighted by atomic mass is 16.3. The Balaban J connectivity index is 3.46. The number of hydrogen-bond acceptors (Lipinski definition) is 2. The number of likely N-dealkylation sites (N-methyl/N-ethyl adjacent to an activating group) is 1. The fraction of sp³-hybridized carbons (Fsp3) is 0.800. The van der Waals surface area contributed by atoms with Gasteiger partial charge in [-0.05, 0) is 40.3 Å². The zero-order valence-corrected chi connectivity index (χ0v) is 8.51. The molecule has 0 aromatic rings. The molecular formula is C10H21NO. The Morgan fingerprint density at radius 2 is 2.08 bits per heavy atom. The van der Waals surface area contributed by atoms with Crippen molar-refractivity contribution in [3.8, 4) is 0 Å². The fourth-order valence-electron chi connectivity index (χ4n) is 1.25. The van der Waals surface area contributed by atoms with Crippen molar-refractivity contribution in [3.05, 3.63) is 12.7 Å². The van der Waals surface area contributed by atoms with E-state index in [0.717, 1.165) is 25.9 Å². The quantitative estimate of drug-likeness (QED) is 0.485. The Kier molecular flexibility index (Phi) is 5.18. The van der Waals surface area contributed by atoms with E-state index < -0.39 is 5.60 Å². The number of hydrogen-bond donors (Lipinski definition) is 1. The molecule has 0 amide bonds. The lowest BCUT2D eigenvalue weighted by Gasteiger charge is -2.25. The summed E-state index contributed by atoms with van der Waals surface area (Å²) in [6.07, 6.45) is 4.10. The molecule has 0 rings (SSSR count). The number of allylic oxidation sites excluding steroid dienone is 1. The second-order valence-corrected chi connectivity index (χ2v) is 3.98. The summed E-state index contributed by atoms with van der Waals surface area (Å²) in [5.41, 5.74) is -0.580. The van der Waals surface area contributed by atoms with Gasteiger partial charge in [0.15, 0.2) is 0 Å². The molecule has 0 aliphatic heterocycles. The van der Waals surface area contributed by atoms with Gasteiger partial charge in [0.2, 0.25) is 0 Å². The summed E-state index contributed by atoms with van der Waals surface area (Å²) in [5, 5.41) is 9.48. The lowest BCUT2D eigenvalue weighted by molar-refractivity contribution is 0.0444. The predicted octanol–water partition coefficient (Wildman–Crippen LogP) is 1.66. The summed E-state index contributed by atoms with van der Waals surface area (Å²) < 4.78 is 0. The van der Waals surface area contributed by atoms with Gasteiger partial charge in [-0.25, -0.2) is 0 Å². The van der Waals surface area contributed by atoms with Crippen LogP contribution in [0.1, 0.15) is 26.7 Å². The molecule has 12 heavy (non-hydrogen) atoms. The van der Waals surface area contributed by atoms with Crippen molar-refractivity contribution in [2.45, 2.75) is 32.3 Å². The first-order chi connectivity index (χ1) is 5.45. The average molecular weight is 171 g/mol. The molecule has 0 aromatic heterocycles. The van der Waals surface area contributed by atoms with Crippen molar-refractivity contribution >= 4 is 0 Å². The van der Waals surface area contributed by atoms with E-state index in [4.69, 9.17) is 0 Å². The molecule has 0 radical (unpaired) electrons. The Hall–Kier alpha value is -0.340. The van der Waals surface area contributed by atoms with Crippen LogP contribution in [0.4, 0.5) is 0 Å². The predicted molar refractivity (Wildman–Crippen MR) is 53.2 cm³/mol. The maximum absolute atomic E-state index is 9.48. The van der Waals surface area contributed by atoms with E-state index in [1.54, 1.807) is 0 Å². The molecule has 0 aromatic carbocycles. The van der Waals surface area contributed by atoms with Gasteiger partial charge in [-0.3, -0.25) is 0 Å². The third-order valence-electron chi connectivity index (χ3n) is 1.60. The largest absolute Gasteiger partial charge is 0.389 e. The second-order valence-electron chi connectivity index (χ2n) is 3.98. The number of unbranched alkanes of at least 4 members (excludes halogenated alkanes) is 1. The van der Waals surface area contributed by atoms with Crippen LogP contribution in [0.5, 0.6) is 0 Å². The molecule has 0 unspecified atom stereocenters. The van der Waals surface area contributed by atoms with E-state index in [2.05, 4.69) is 11.5 Å². The number of rotatable bonds is 6. The zero-order chi connectivity index (χ0) is 9.61. The summed E-state index contributed by atoms with van der Waals surface area (Å²) in [4.78, 5) is 2.14. The standard InChI is InChI=1S/C10H21NO/c1-5-6-7-8-11(4)9-10(2,3)12/h5,12H,1,6-9H2,2-4H3. The molecule has 0 aliphatic rings. The molecule has 72 valence electrons. The maximum atomic E-state index is 9.48. The molecule has 0 spiro atoms. The Labute approximate surface area is 75.9 Å². The van der Waals surface area contributed by atoms with E-state index in [-0.39, 0.29) is 0 Å². The van der Waals surface area contributed by atoms with Crippen LogP contribution in [-0.4, -0.2) is 35.7 Å². The summed E-state index contributed by atoms with van der Waals surface area (Å²) >= 11 is 0. The maximum Gasteiger partial charge on any atom is 0.0718 e. The smallest absolute Gasteiger partial charge is 0.0718 e. The molecule has 0 heterocycles. The van der Waals surface area contributed by atoms with E-state index in [1.165, 1.54) is 0 Å². The number of aliphatic hydroxyl groups is 1. The van der Waals surface area contributed by atoms with E-state index in [9.17, 15) is 5.11 Å². The van der Waals surface area contributed by atoms with Crippen LogP contribution < -0.4 is 0 Å². The van der Waals surface area contributed by atoms with Gasteiger partial charge < -0.3 is 10.0 Å². The molecule has 2 nitrogen and oxygen atoms in total. The van der Waals surface area contributed by atoms with Gasteiger partial charge in [-0.15, -0.1) is 6.58 Å². The minimum Gasteiger partial charge on any atom is -0.389 e. The highest BCUT2D eigenvalue weighted by molar-refractivity contribution is 4.71. The van der Waals surface area contributed by atoms with Crippen LogP contribution in [0.2, 0.25) is 0 Å². The lowest BCUT2D eigenvalue weighted by Crippen LogP contribution is -2.36. The molecule has 0 atom stereocenters. The average Bonchev–Trinajstić information content (AvgIpc) is 1.84. The third kappa shape index (κ3) is 7.76. The van der Waals surface area contributed by atoms with Crippen molar-refractivity contribution in [1.29, 1.82) is 0 Å². The van der Waals surface area contributed by atoms with Crippen molar-refractivity contribution in [2.75, 3.05) is 20.1 Å². The fourth-order valence-corrected chi connectivity index (χ4v) is 1.25. The van der Waals surface area contributed by atoms with Gasteiger partial charge in [-0.2, -0.15) is 0 Å². The van der Waals surface area contributed by atoms with Gasteiger partial charge in [0.05, 0.1) is 5.60 Å². The number of nitrogens with zero attached hydrogens (tertiary/aromatic N) is 1. The molecule has 2 heteroatoms. The lowest BCUT2D eigenvalue weighted by atomic mass is 10.1. The van der Waals surface area contributed by atoms with E-state index >= 15 is 0 Å². The van der Waals surface area contributed by atoms with Crippen molar-refractivity contribution in [2.24, 2.45) is 0 Å². The van der Waals surface area contributed by atoms with Crippen LogP contribution in [0.25, 0.3) is 0 Å². The Morgan fingerprint density at radius 3 is 2.50 bits per heavy atom. The third-order valence-corrected chi connectivity index (χ3v) is 1.60. The summed E-state index contributed by atoms with van der Waals surface area (Å²) in [6, 6.07) is 0. The first-order valence-electron chi connectivity index (χ1n) is 4.47. The molecule has 0 saturated carbocycles. The summed E-state index contributed by atoms with van der Waals surface area (Å²) in [5.74, 6) is 0. The van der Waals surface area contributed by atoms with Crippen LogP contribution in [0.3, 0.4) is 0 Å². The van der Waals surface area contributed by atoms with Gasteiger partial charge in [0.25, 0.3) is 0 Å². The first kappa shape index (κ1) is 11.7. The van der Waals surface area contributed by atoms with Gasteiger partial charge in [0.1, 0.15) is 0 Å². The van der Waals surface area contributed by atoms with Crippen LogP contribution in [0.15, 0.2) is 12.7 Å². The van der Waals surface area contributed by atoms with Crippen LogP contribution >= 0.6 is 0 Å². The minimum absolute atomic E-state index is 0.580. The molecular weight excluding hydrogens is 150 g/mol. The molecule has 0 fully saturated rings. The Morgan fingerprint density at radius 1 is 1.50 bits per heavy atom. The highest BCUT2D eigenvalue weighted by Crippen LogP contribution is 2.03. The van der Waals surface area contributed by atoms with Crippen molar-refractivity contribution in [1.82, 2.24) is 4.90 Å². The van der Waals surface area contributed by atoms with Gasteiger partial charge in [-0.1, -0.05) is 6.08 Å². The van der Waals surface area contributed by atoms with Gasteiger partial charge in [0, 0.05) is 6.54 Å². The molecule has 0 bridgehead atoms. The zero-order valence-electron chi connectivity index (χ0n) is 8.51. The Bertz CT molecular complexity index is 126. The summed E-state index contributed by atoms with van der Waals surface area (Å²) in [7, 11) is 2.03. The summed E-state index contributed by atoms with van der Waals surface area (Å²) in [6.45, 7) is 9.08. The van der Waals surface area contributed by atoms with Gasteiger partial charge >= 0.3 is 0 Å². The van der Waals surface area contributed by atoms with Crippen LogP contribution in [-0.2, 0) is 0 Å². The molecule has 1 N–H and O–H groups in total. The topological polar surface area (TPSA) is 23.5 Å². The van der Waals surface area contributed by atoms with Crippen molar-refractivity contribution < 1.29 is 5.11 Å². The second kappa shape index (κ2) is 5.33. The molecule has 0 aliphatic carbocycles. The molecule has 0 saturated heterocycles. The normalized spacial score (nSPS) is 12.1. The van der Waals surface area contributed by atoms with Crippen LogP contribution in [0, 0.1) is 0 Å². The van der Waals surface area contributed by atoms with E-state index in [0.29, 0.717) is 0 Å². The van der Waals surface area contributed by atoms with E-state index in [1.807, 2.05) is 27.0 Å². The monoisotopic (exact) mass is 171 g/mol. The van der Waals surface area contributed by atoms with Crippen molar-refractivity contribution in [3.63, 3.8) is 0 Å². The minimum atomic E-state index is -0.580. The SMILES string of the molecule is C=CCCCN(C)CC(C)(C)O. The highest BCUT2D eigenvalue weighted by Gasteiger charge is 2.14. The first-order valence-corrected chi connectivity index (χ1v) is 4.47.